The summed E-state index contributed by atoms with van der Waals surface area (Å²) >= 11 is 0. The standard InChI is InChI=1S/C24H20N6O/c1-17-15-20(28-13-6-12-25-28)9-10-21(17)29-14-11-23(31)24(27-29)22-16-18(2)26-30(22)19-7-4-3-5-8-19/h3-16H,1-2H3. The van der Waals surface area contributed by atoms with Crippen LogP contribution < -0.4 is 5.43 Å². The highest BCUT2D eigenvalue weighted by Gasteiger charge is 2.16. The predicted molar refractivity (Wildman–Crippen MR) is 119 cm³/mol. The minimum absolute atomic E-state index is 0.154. The molecule has 0 saturated heterocycles. The third-order valence-electron chi connectivity index (χ3n) is 5.08. The number of rotatable bonds is 4. The first-order valence-corrected chi connectivity index (χ1v) is 9.94. The normalized spacial score (nSPS) is 11.0. The van der Waals surface area contributed by atoms with Gasteiger partial charge in [-0.1, -0.05) is 18.2 Å². The molecule has 3 aromatic heterocycles. The summed E-state index contributed by atoms with van der Waals surface area (Å²) in [5, 5.41) is 13.5. The molecule has 0 atom stereocenters. The highest BCUT2D eigenvalue weighted by atomic mass is 16.1. The topological polar surface area (TPSA) is 70.5 Å². The van der Waals surface area contributed by atoms with Crippen molar-refractivity contribution >= 4 is 0 Å². The van der Waals surface area contributed by atoms with E-state index >= 15 is 0 Å². The zero-order valence-corrected chi connectivity index (χ0v) is 17.2. The van der Waals surface area contributed by atoms with Crippen molar-refractivity contribution in [3.05, 3.63) is 107 Å². The minimum Gasteiger partial charge on any atom is -0.287 e. The molecule has 0 saturated carbocycles. The Morgan fingerprint density at radius 3 is 2.35 bits per heavy atom. The van der Waals surface area contributed by atoms with Crippen LogP contribution in [-0.4, -0.2) is 29.3 Å². The summed E-state index contributed by atoms with van der Waals surface area (Å²) in [6.45, 7) is 3.92. The van der Waals surface area contributed by atoms with Crippen molar-refractivity contribution in [3.8, 4) is 28.5 Å². The van der Waals surface area contributed by atoms with Crippen LogP contribution in [0, 0.1) is 13.8 Å². The van der Waals surface area contributed by atoms with Gasteiger partial charge in [-0.25, -0.2) is 14.0 Å². The number of benzene rings is 2. The lowest BCUT2D eigenvalue weighted by Gasteiger charge is -2.12. The maximum Gasteiger partial charge on any atom is 0.209 e. The summed E-state index contributed by atoms with van der Waals surface area (Å²) < 4.78 is 5.30. The SMILES string of the molecule is Cc1cc(-c2nn(-c3ccc(-n4cccn4)cc3C)ccc2=O)n(-c2ccccc2)n1. The van der Waals surface area contributed by atoms with E-state index in [0.29, 0.717) is 11.4 Å². The van der Waals surface area contributed by atoms with Gasteiger partial charge in [-0.05, 0) is 61.9 Å². The third-order valence-corrected chi connectivity index (χ3v) is 5.08. The summed E-state index contributed by atoms with van der Waals surface area (Å²) in [4.78, 5) is 12.8. The molecule has 152 valence electrons. The molecule has 0 N–H and O–H groups in total. The van der Waals surface area contributed by atoms with Crippen LogP contribution in [0.2, 0.25) is 0 Å². The second kappa shape index (κ2) is 7.53. The molecule has 31 heavy (non-hydrogen) atoms. The van der Waals surface area contributed by atoms with E-state index in [1.165, 1.54) is 0 Å². The van der Waals surface area contributed by atoms with E-state index in [2.05, 4.69) is 15.3 Å². The van der Waals surface area contributed by atoms with Gasteiger partial charge in [0, 0.05) is 24.7 Å². The van der Waals surface area contributed by atoms with Gasteiger partial charge in [0.05, 0.1) is 28.5 Å². The van der Waals surface area contributed by atoms with E-state index in [9.17, 15) is 4.79 Å². The van der Waals surface area contributed by atoms with Gasteiger partial charge in [-0.15, -0.1) is 0 Å². The monoisotopic (exact) mass is 408 g/mol. The van der Waals surface area contributed by atoms with E-state index in [1.54, 1.807) is 27.8 Å². The number of hydrogen-bond donors (Lipinski definition) is 0. The van der Waals surface area contributed by atoms with Crippen molar-refractivity contribution < 1.29 is 0 Å². The summed E-state index contributed by atoms with van der Waals surface area (Å²) in [5.41, 5.74) is 5.42. The molecule has 3 heterocycles. The Bertz CT molecular complexity index is 1410. The first kappa shape index (κ1) is 18.7. The van der Waals surface area contributed by atoms with Crippen LogP contribution in [0.25, 0.3) is 28.5 Å². The Labute approximate surface area is 178 Å². The van der Waals surface area contributed by atoms with Crippen molar-refractivity contribution in [2.45, 2.75) is 13.8 Å². The number of para-hydroxylation sites is 1. The fraction of sp³-hybridized carbons (Fsp3) is 0.0833. The van der Waals surface area contributed by atoms with E-state index in [4.69, 9.17) is 0 Å². The Morgan fingerprint density at radius 2 is 1.61 bits per heavy atom. The zero-order chi connectivity index (χ0) is 21.4. The molecule has 0 unspecified atom stereocenters. The van der Waals surface area contributed by atoms with Gasteiger partial charge in [0.2, 0.25) is 5.43 Å². The summed E-state index contributed by atoms with van der Waals surface area (Å²) in [6, 6.07) is 21.1. The average Bonchev–Trinajstić information content (AvgIpc) is 3.45. The number of aryl methyl sites for hydroxylation is 2. The average molecular weight is 408 g/mol. The lowest BCUT2D eigenvalue weighted by molar-refractivity contribution is 0.813. The van der Waals surface area contributed by atoms with Crippen LogP contribution in [-0.2, 0) is 0 Å². The molecule has 5 rings (SSSR count). The molecule has 7 nitrogen and oxygen atoms in total. The molecule has 2 aromatic carbocycles. The van der Waals surface area contributed by atoms with Crippen molar-refractivity contribution in [1.29, 1.82) is 0 Å². The van der Waals surface area contributed by atoms with Crippen molar-refractivity contribution in [1.82, 2.24) is 29.3 Å². The summed E-state index contributed by atoms with van der Waals surface area (Å²) in [7, 11) is 0. The molecule has 0 fully saturated rings. The molecule has 0 bridgehead atoms. The molecular weight excluding hydrogens is 388 g/mol. The predicted octanol–water partition coefficient (Wildman–Crippen LogP) is 3.89. The van der Waals surface area contributed by atoms with E-state index < -0.39 is 0 Å². The van der Waals surface area contributed by atoms with Gasteiger partial charge >= 0.3 is 0 Å². The number of nitrogens with zero attached hydrogens (tertiary/aromatic N) is 6. The molecule has 5 aromatic rings. The maximum absolute atomic E-state index is 12.8. The van der Waals surface area contributed by atoms with Crippen LogP contribution in [0.4, 0.5) is 0 Å². The quantitative estimate of drug-likeness (QED) is 0.452. The van der Waals surface area contributed by atoms with Gasteiger partial charge in [0.15, 0.2) is 5.69 Å². The largest absolute Gasteiger partial charge is 0.287 e. The molecular formula is C24H20N6O. The van der Waals surface area contributed by atoms with E-state index in [0.717, 1.165) is 28.3 Å². The molecule has 0 aliphatic rings. The lowest BCUT2D eigenvalue weighted by atomic mass is 10.1. The lowest BCUT2D eigenvalue weighted by Crippen LogP contribution is -2.15. The third kappa shape index (κ3) is 3.46. The van der Waals surface area contributed by atoms with Crippen LogP contribution >= 0.6 is 0 Å². The number of hydrogen-bond acceptors (Lipinski definition) is 4. The van der Waals surface area contributed by atoms with Crippen LogP contribution in [0.3, 0.4) is 0 Å². The smallest absolute Gasteiger partial charge is 0.209 e. The molecule has 0 aliphatic heterocycles. The second-order valence-corrected chi connectivity index (χ2v) is 7.31. The Balaban J connectivity index is 1.61. The fourth-order valence-corrected chi connectivity index (χ4v) is 3.61. The van der Waals surface area contributed by atoms with Crippen LogP contribution in [0.15, 0.2) is 90.1 Å². The van der Waals surface area contributed by atoms with Gasteiger partial charge in [-0.2, -0.15) is 15.3 Å². The molecule has 0 amide bonds. The summed E-state index contributed by atoms with van der Waals surface area (Å²) in [5.74, 6) is 0. The van der Waals surface area contributed by atoms with Gasteiger partial charge in [0.25, 0.3) is 0 Å². The van der Waals surface area contributed by atoms with E-state index in [-0.39, 0.29) is 5.43 Å². The first-order chi connectivity index (χ1) is 15.1. The Kier molecular flexibility index (Phi) is 4.55. The highest BCUT2D eigenvalue weighted by Crippen LogP contribution is 2.22. The van der Waals surface area contributed by atoms with Crippen molar-refractivity contribution in [3.63, 3.8) is 0 Å². The molecule has 0 radical (unpaired) electrons. The van der Waals surface area contributed by atoms with Crippen LogP contribution in [0.5, 0.6) is 0 Å². The highest BCUT2D eigenvalue weighted by molar-refractivity contribution is 5.58. The van der Waals surface area contributed by atoms with Crippen LogP contribution in [0.1, 0.15) is 11.3 Å². The van der Waals surface area contributed by atoms with Gasteiger partial charge < -0.3 is 0 Å². The van der Waals surface area contributed by atoms with Gasteiger partial charge in [0.1, 0.15) is 0 Å². The van der Waals surface area contributed by atoms with Crippen molar-refractivity contribution in [2.24, 2.45) is 0 Å². The Hall–Kier alpha value is -4.26. The first-order valence-electron chi connectivity index (χ1n) is 9.94. The minimum atomic E-state index is -0.154. The Morgan fingerprint density at radius 1 is 0.774 bits per heavy atom. The summed E-state index contributed by atoms with van der Waals surface area (Å²) in [6.07, 6.45) is 5.34. The molecule has 0 spiro atoms. The van der Waals surface area contributed by atoms with E-state index in [1.807, 2.05) is 85.4 Å². The second-order valence-electron chi connectivity index (χ2n) is 7.31. The van der Waals surface area contributed by atoms with Gasteiger partial charge in [-0.3, -0.25) is 4.79 Å². The fourth-order valence-electron chi connectivity index (χ4n) is 3.61. The maximum atomic E-state index is 12.8. The van der Waals surface area contributed by atoms with Crippen molar-refractivity contribution in [2.75, 3.05) is 0 Å². The molecule has 0 aliphatic carbocycles. The number of aromatic nitrogens is 6. The molecule has 7 heteroatoms. The zero-order valence-electron chi connectivity index (χ0n) is 17.2.